The van der Waals surface area contributed by atoms with Gasteiger partial charge in [0.2, 0.25) is 0 Å². The topological polar surface area (TPSA) is 64.9 Å². The van der Waals surface area contributed by atoms with Crippen molar-refractivity contribution in [2.24, 2.45) is 5.73 Å². The third kappa shape index (κ3) is 2.93. The van der Waals surface area contributed by atoms with Crippen molar-refractivity contribution in [3.05, 3.63) is 47.1 Å². The maximum Gasteiger partial charge on any atom is 0.471 e. The van der Waals surface area contributed by atoms with Crippen molar-refractivity contribution < 1.29 is 26.5 Å². The number of aromatic nitrogens is 2. The lowest BCUT2D eigenvalue weighted by atomic mass is 10.1. The Labute approximate surface area is 109 Å². The molecule has 4 nitrogen and oxygen atoms in total. The quantitative estimate of drug-likeness (QED) is 0.883. The Kier molecular flexibility index (Phi) is 3.71. The molecule has 1 unspecified atom stereocenters. The second kappa shape index (κ2) is 5.16. The van der Waals surface area contributed by atoms with Gasteiger partial charge in [-0.15, -0.1) is 0 Å². The number of nitrogens with two attached hydrogens (primary N) is 1. The van der Waals surface area contributed by atoms with Crippen LogP contribution in [0, 0.1) is 0 Å². The van der Waals surface area contributed by atoms with Crippen LogP contribution in [0.1, 0.15) is 35.3 Å². The molecule has 20 heavy (non-hydrogen) atoms. The van der Waals surface area contributed by atoms with Gasteiger partial charge in [0.25, 0.3) is 6.43 Å². The maximum atomic E-state index is 12.4. The molecule has 0 saturated carbocycles. The summed E-state index contributed by atoms with van der Waals surface area (Å²) >= 11 is 0. The van der Waals surface area contributed by atoms with Gasteiger partial charge in [0.1, 0.15) is 0 Å². The number of alkyl halides is 5. The van der Waals surface area contributed by atoms with Crippen LogP contribution >= 0.6 is 0 Å². The van der Waals surface area contributed by atoms with Gasteiger partial charge >= 0.3 is 12.1 Å². The number of rotatable bonds is 3. The minimum Gasteiger partial charge on any atom is -0.329 e. The molecule has 1 aromatic carbocycles. The zero-order chi connectivity index (χ0) is 14.9. The second-order valence-electron chi connectivity index (χ2n) is 3.90. The molecule has 0 radical (unpaired) electrons. The molecule has 0 spiro atoms. The van der Waals surface area contributed by atoms with E-state index in [4.69, 9.17) is 5.73 Å². The summed E-state index contributed by atoms with van der Waals surface area (Å²) in [4.78, 5) is 3.14. The van der Waals surface area contributed by atoms with Crippen LogP contribution in [0.4, 0.5) is 22.0 Å². The SMILES string of the molecule is NC(c1ccc(C(F)F)cc1)c1noc(C(F)(F)F)n1. The Morgan fingerprint density at radius 3 is 2.05 bits per heavy atom. The first-order chi connectivity index (χ1) is 9.29. The van der Waals surface area contributed by atoms with E-state index in [0.29, 0.717) is 5.56 Å². The number of nitrogens with zero attached hydrogens (tertiary/aromatic N) is 2. The average molecular weight is 293 g/mol. The monoisotopic (exact) mass is 293 g/mol. The first-order valence-corrected chi connectivity index (χ1v) is 5.33. The molecule has 0 aliphatic heterocycles. The molecule has 0 aliphatic rings. The average Bonchev–Trinajstić information content (AvgIpc) is 2.87. The van der Waals surface area contributed by atoms with Crippen LogP contribution in [-0.2, 0) is 6.18 Å². The van der Waals surface area contributed by atoms with E-state index in [1.54, 1.807) is 0 Å². The molecular weight excluding hydrogens is 285 g/mol. The van der Waals surface area contributed by atoms with E-state index in [9.17, 15) is 22.0 Å². The maximum absolute atomic E-state index is 12.4. The summed E-state index contributed by atoms with van der Waals surface area (Å²) in [7, 11) is 0. The number of halogens is 5. The molecule has 0 amide bonds. The Morgan fingerprint density at radius 2 is 1.60 bits per heavy atom. The summed E-state index contributed by atoms with van der Waals surface area (Å²) in [6.45, 7) is 0. The molecule has 2 rings (SSSR count). The molecular formula is C11H8F5N3O. The smallest absolute Gasteiger partial charge is 0.329 e. The molecule has 0 saturated heterocycles. The zero-order valence-corrected chi connectivity index (χ0v) is 9.73. The highest BCUT2D eigenvalue weighted by molar-refractivity contribution is 5.28. The Morgan fingerprint density at radius 1 is 1.05 bits per heavy atom. The first-order valence-electron chi connectivity index (χ1n) is 5.33. The fraction of sp³-hybridized carbons (Fsp3) is 0.273. The molecule has 108 valence electrons. The molecule has 0 fully saturated rings. The summed E-state index contributed by atoms with van der Waals surface area (Å²) in [5.41, 5.74) is 5.74. The van der Waals surface area contributed by atoms with Crippen LogP contribution in [0.3, 0.4) is 0 Å². The highest BCUT2D eigenvalue weighted by Gasteiger charge is 2.39. The van der Waals surface area contributed by atoms with Gasteiger partial charge in [0, 0.05) is 5.56 Å². The Balaban J connectivity index is 2.22. The van der Waals surface area contributed by atoms with Crippen LogP contribution in [0.5, 0.6) is 0 Å². The predicted octanol–water partition coefficient (Wildman–Crippen LogP) is 3.07. The van der Waals surface area contributed by atoms with E-state index < -0.39 is 24.5 Å². The van der Waals surface area contributed by atoms with Crippen molar-refractivity contribution >= 4 is 0 Å². The number of hydrogen-bond donors (Lipinski definition) is 1. The summed E-state index contributed by atoms with van der Waals surface area (Å²) in [6, 6.07) is 3.71. The number of hydrogen-bond acceptors (Lipinski definition) is 4. The van der Waals surface area contributed by atoms with E-state index in [0.717, 1.165) is 12.1 Å². The van der Waals surface area contributed by atoms with Gasteiger partial charge < -0.3 is 10.3 Å². The van der Waals surface area contributed by atoms with E-state index in [1.165, 1.54) is 12.1 Å². The van der Waals surface area contributed by atoms with Crippen LogP contribution < -0.4 is 5.73 Å². The van der Waals surface area contributed by atoms with Gasteiger partial charge in [-0.2, -0.15) is 18.2 Å². The fourth-order valence-corrected chi connectivity index (χ4v) is 1.47. The molecule has 0 aliphatic carbocycles. The predicted molar refractivity (Wildman–Crippen MR) is 56.7 cm³/mol. The molecule has 9 heteroatoms. The van der Waals surface area contributed by atoms with Crippen molar-refractivity contribution in [1.82, 2.24) is 10.1 Å². The Bertz CT molecular complexity index is 578. The number of benzene rings is 1. The minimum atomic E-state index is -4.76. The minimum absolute atomic E-state index is 0.218. The van der Waals surface area contributed by atoms with Gasteiger partial charge in [0.15, 0.2) is 5.82 Å². The fourth-order valence-electron chi connectivity index (χ4n) is 1.47. The van der Waals surface area contributed by atoms with Crippen molar-refractivity contribution in [2.45, 2.75) is 18.6 Å². The molecule has 2 aromatic rings. The lowest BCUT2D eigenvalue weighted by molar-refractivity contribution is -0.159. The molecule has 2 N–H and O–H groups in total. The summed E-state index contributed by atoms with van der Waals surface area (Å²) in [6.07, 6.45) is -7.40. The van der Waals surface area contributed by atoms with E-state index in [2.05, 4.69) is 14.7 Å². The first kappa shape index (κ1) is 14.4. The standard InChI is InChI=1S/C11H8F5N3O/c12-8(13)6-3-1-5(2-4-6)7(17)9-18-10(20-19-9)11(14,15)16/h1-4,7-8H,17H2. The molecule has 1 aromatic heterocycles. The van der Waals surface area contributed by atoms with Gasteiger partial charge in [-0.1, -0.05) is 29.4 Å². The lowest BCUT2D eigenvalue weighted by Crippen LogP contribution is -2.14. The van der Waals surface area contributed by atoms with Crippen molar-refractivity contribution in [2.75, 3.05) is 0 Å². The summed E-state index contributed by atoms with van der Waals surface area (Å²) in [5.74, 6) is -1.88. The lowest BCUT2D eigenvalue weighted by Gasteiger charge is -2.08. The van der Waals surface area contributed by atoms with Crippen molar-refractivity contribution in [1.29, 1.82) is 0 Å². The summed E-state index contributed by atoms with van der Waals surface area (Å²) < 4.78 is 65.6. The largest absolute Gasteiger partial charge is 0.471 e. The van der Waals surface area contributed by atoms with Crippen LogP contribution in [0.15, 0.2) is 28.8 Å². The zero-order valence-electron chi connectivity index (χ0n) is 9.73. The second-order valence-corrected chi connectivity index (χ2v) is 3.90. The third-order valence-corrected chi connectivity index (χ3v) is 2.51. The van der Waals surface area contributed by atoms with Gasteiger partial charge in [-0.05, 0) is 5.56 Å². The van der Waals surface area contributed by atoms with Crippen molar-refractivity contribution in [3.8, 4) is 0 Å². The van der Waals surface area contributed by atoms with Crippen LogP contribution in [0.25, 0.3) is 0 Å². The van der Waals surface area contributed by atoms with Gasteiger partial charge in [0.05, 0.1) is 6.04 Å². The molecule has 1 heterocycles. The van der Waals surface area contributed by atoms with E-state index >= 15 is 0 Å². The van der Waals surface area contributed by atoms with E-state index in [1.807, 2.05) is 0 Å². The third-order valence-electron chi connectivity index (χ3n) is 2.51. The van der Waals surface area contributed by atoms with Crippen LogP contribution in [0.2, 0.25) is 0 Å². The van der Waals surface area contributed by atoms with Crippen molar-refractivity contribution in [3.63, 3.8) is 0 Å². The highest BCUT2D eigenvalue weighted by atomic mass is 19.4. The normalized spacial score (nSPS) is 13.8. The van der Waals surface area contributed by atoms with Crippen LogP contribution in [-0.4, -0.2) is 10.1 Å². The van der Waals surface area contributed by atoms with Gasteiger partial charge in [-0.3, -0.25) is 0 Å². The highest BCUT2D eigenvalue weighted by Crippen LogP contribution is 2.29. The van der Waals surface area contributed by atoms with Gasteiger partial charge in [-0.25, -0.2) is 8.78 Å². The molecule has 1 atom stereocenters. The summed E-state index contributed by atoms with van der Waals surface area (Å²) in [5, 5.41) is 3.14. The Hall–Kier alpha value is -2.03. The van der Waals surface area contributed by atoms with E-state index in [-0.39, 0.29) is 11.4 Å². The molecule has 0 bridgehead atoms.